The topological polar surface area (TPSA) is 38.0 Å². The van der Waals surface area contributed by atoms with Crippen molar-refractivity contribution in [2.45, 2.75) is 0 Å². The van der Waals surface area contributed by atoms with Crippen molar-refractivity contribution in [3.63, 3.8) is 0 Å². The molecule has 3 N–H and O–H groups in total. The molecule has 0 saturated carbocycles. The van der Waals surface area contributed by atoms with Gasteiger partial charge in [-0.1, -0.05) is 15.9 Å². The van der Waals surface area contributed by atoms with Crippen LogP contribution >= 0.6 is 15.9 Å². The average Bonchev–Trinajstić information content (AvgIpc) is 2.29. The third-order valence-electron chi connectivity index (χ3n) is 2.29. The minimum Gasteiger partial charge on any atom is -0.395 e. The molecular weight excluding hydrogens is 309 g/mol. The Morgan fingerprint density at radius 1 is 0.944 bits per heavy atom. The molecular formula is C12H8BrF3N2. The first-order valence-electron chi connectivity index (χ1n) is 4.94. The van der Waals surface area contributed by atoms with Crippen LogP contribution < -0.4 is 11.1 Å². The number of rotatable bonds is 2. The van der Waals surface area contributed by atoms with Gasteiger partial charge in [0.15, 0.2) is 5.82 Å². The van der Waals surface area contributed by atoms with E-state index in [1.54, 1.807) is 6.07 Å². The number of nitrogen functional groups attached to an aromatic ring is 1. The van der Waals surface area contributed by atoms with Gasteiger partial charge in [0.2, 0.25) is 0 Å². The summed E-state index contributed by atoms with van der Waals surface area (Å²) in [6, 6.07) is 5.92. The fraction of sp³-hybridized carbons (Fsp3) is 0. The zero-order valence-corrected chi connectivity index (χ0v) is 10.6. The number of hydrogen-bond acceptors (Lipinski definition) is 2. The second kappa shape index (κ2) is 4.89. The van der Waals surface area contributed by atoms with E-state index in [2.05, 4.69) is 21.2 Å². The summed E-state index contributed by atoms with van der Waals surface area (Å²) in [5.41, 5.74) is 5.24. The van der Waals surface area contributed by atoms with Crippen LogP contribution in [0.4, 0.5) is 30.2 Å². The van der Waals surface area contributed by atoms with Crippen molar-refractivity contribution in [1.29, 1.82) is 0 Å². The molecule has 2 rings (SSSR count). The van der Waals surface area contributed by atoms with Crippen molar-refractivity contribution in [2.75, 3.05) is 11.1 Å². The molecule has 0 heterocycles. The lowest BCUT2D eigenvalue weighted by Gasteiger charge is -2.11. The van der Waals surface area contributed by atoms with Crippen molar-refractivity contribution in [3.8, 4) is 0 Å². The Hall–Kier alpha value is -1.69. The average molecular weight is 317 g/mol. The number of anilines is 3. The van der Waals surface area contributed by atoms with Gasteiger partial charge in [0.25, 0.3) is 0 Å². The highest BCUT2D eigenvalue weighted by molar-refractivity contribution is 9.10. The van der Waals surface area contributed by atoms with Gasteiger partial charge in [-0.15, -0.1) is 0 Å². The van der Waals surface area contributed by atoms with Crippen molar-refractivity contribution in [2.24, 2.45) is 0 Å². The molecule has 0 aliphatic heterocycles. The van der Waals surface area contributed by atoms with E-state index in [0.29, 0.717) is 10.5 Å². The number of hydrogen-bond donors (Lipinski definition) is 2. The summed E-state index contributed by atoms with van der Waals surface area (Å²) in [6.45, 7) is 0. The molecule has 0 radical (unpaired) electrons. The van der Waals surface area contributed by atoms with Crippen molar-refractivity contribution in [1.82, 2.24) is 0 Å². The highest BCUT2D eigenvalue weighted by atomic mass is 79.9. The van der Waals surface area contributed by atoms with Crippen LogP contribution in [0.5, 0.6) is 0 Å². The van der Waals surface area contributed by atoms with Crippen LogP contribution in [0.1, 0.15) is 0 Å². The van der Waals surface area contributed by atoms with Gasteiger partial charge in [0.1, 0.15) is 11.6 Å². The zero-order chi connectivity index (χ0) is 13.3. The van der Waals surface area contributed by atoms with E-state index in [1.165, 1.54) is 12.1 Å². The molecule has 94 valence electrons. The largest absolute Gasteiger partial charge is 0.395 e. The molecule has 2 aromatic carbocycles. The zero-order valence-electron chi connectivity index (χ0n) is 8.98. The minimum atomic E-state index is -0.894. The van der Waals surface area contributed by atoms with E-state index in [4.69, 9.17) is 5.73 Å². The van der Waals surface area contributed by atoms with Crippen LogP contribution in [0.3, 0.4) is 0 Å². The summed E-state index contributed by atoms with van der Waals surface area (Å²) in [6.07, 6.45) is 0. The molecule has 0 aliphatic carbocycles. The third-order valence-corrected chi connectivity index (χ3v) is 2.79. The first kappa shape index (κ1) is 12.8. The molecule has 2 aromatic rings. The first-order valence-corrected chi connectivity index (χ1v) is 5.73. The third kappa shape index (κ3) is 2.59. The molecule has 0 amide bonds. The summed E-state index contributed by atoms with van der Waals surface area (Å²) in [7, 11) is 0. The van der Waals surface area contributed by atoms with E-state index in [9.17, 15) is 13.2 Å². The molecule has 0 aliphatic rings. The summed E-state index contributed by atoms with van der Waals surface area (Å²) in [5, 5.41) is 2.55. The van der Waals surface area contributed by atoms with Crippen LogP contribution in [-0.4, -0.2) is 0 Å². The Balaban J connectivity index is 2.40. The maximum atomic E-state index is 13.5. The van der Waals surface area contributed by atoms with Crippen LogP contribution in [0.15, 0.2) is 34.8 Å². The maximum absolute atomic E-state index is 13.5. The van der Waals surface area contributed by atoms with E-state index < -0.39 is 17.5 Å². The molecule has 0 aromatic heterocycles. The van der Waals surface area contributed by atoms with Gasteiger partial charge in [-0.2, -0.15) is 0 Å². The summed E-state index contributed by atoms with van der Waals surface area (Å²) < 4.78 is 40.3. The molecule has 6 heteroatoms. The molecule has 0 unspecified atom stereocenters. The van der Waals surface area contributed by atoms with E-state index in [-0.39, 0.29) is 17.1 Å². The van der Waals surface area contributed by atoms with Crippen LogP contribution in [0.25, 0.3) is 0 Å². The SMILES string of the molecule is Nc1c(F)cc(F)cc1Nc1ccc(Br)cc1F. The molecule has 18 heavy (non-hydrogen) atoms. The fourth-order valence-electron chi connectivity index (χ4n) is 1.42. The van der Waals surface area contributed by atoms with Crippen LogP contribution in [-0.2, 0) is 0 Å². The van der Waals surface area contributed by atoms with Crippen molar-refractivity contribution >= 4 is 33.0 Å². The van der Waals surface area contributed by atoms with Gasteiger partial charge in [0.05, 0.1) is 17.1 Å². The highest BCUT2D eigenvalue weighted by Crippen LogP contribution is 2.29. The van der Waals surface area contributed by atoms with E-state index in [1.807, 2.05) is 0 Å². The van der Waals surface area contributed by atoms with Gasteiger partial charge in [0, 0.05) is 10.5 Å². The smallest absolute Gasteiger partial charge is 0.151 e. The first-order chi connectivity index (χ1) is 8.47. The van der Waals surface area contributed by atoms with Gasteiger partial charge < -0.3 is 11.1 Å². The maximum Gasteiger partial charge on any atom is 0.151 e. The van der Waals surface area contributed by atoms with Crippen LogP contribution in [0, 0.1) is 17.5 Å². The number of nitrogens with one attached hydrogen (secondary N) is 1. The van der Waals surface area contributed by atoms with Gasteiger partial charge in [-0.3, -0.25) is 0 Å². The molecule has 0 atom stereocenters. The normalized spacial score (nSPS) is 10.4. The molecule has 0 bridgehead atoms. The number of benzene rings is 2. The quantitative estimate of drug-likeness (QED) is 0.815. The van der Waals surface area contributed by atoms with Crippen molar-refractivity contribution in [3.05, 3.63) is 52.3 Å². The Kier molecular flexibility index (Phi) is 3.47. The standard InChI is InChI=1S/C12H8BrF3N2/c13-6-1-2-10(8(15)3-6)18-11-5-7(14)4-9(16)12(11)17/h1-5,18H,17H2. The lowest BCUT2D eigenvalue weighted by Crippen LogP contribution is -2.01. The van der Waals surface area contributed by atoms with E-state index >= 15 is 0 Å². The monoisotopic (exact) mass is 316 g/mol. The predicted molar refractivity (Wildman–Crippen MR) is 68.2 cm³/mol. The van der Waals surface area contributed by atoms with Gasteiger partial charge >= 0.3 is 0 Å². The van der Waals surface area contributed by atoms with Crippen LogP contribution in [0.2, 0.25) is 0 Å². The summed E-state index contributed by atoms with van der Waals surface area (Å²) in [5.74, 6) is -2.25. The minimum absolute atomic E-state index is 0.0197. The number of nitrogens with two attached hydrogens (primary N) is 1. The highest BCUT2D eigenvalue weighted by Gasteiger charge is 2.10. The second-order valence-electron chi connectivity index (χ2n) is 3.60. The lowest BCUT2D eigenvalue weighted by molar-refractivity contribution is 0.587. The Morgan fingerprint density at radius 2 is 1.67 bits per heavy atom. The van der Waals surface area contributed by atoms with Crippen molar-refractivity contribution < 1.29 is 13.2 Å². The predicted octanol–water partition coefficient (Wildman–Crippen LogP) is 4.19. The van der Waals surface area contributed by atoms with E-state index in [0.717, 1.165) is 6.07 Å². The Labute approximate surface area is 110 Å². The summed E-state index contributed by atoms with van der Waals surface area (Å²) in [4.78, 5) is 0. The molecule has 0 spiro atoms. The van der Waals surface area contributed by atoms with Gasteiger partial charge in [-0.05, 0) is 24.3 Å². The lowest BCUT2D eigenvalue weighted by atomic mass is 10.2. The molecule has 0 saturated heterocycles. The molecule has 2 nitrogen and oxygen atoms in total. The fourth-order valence-corrected chi connectivity index (χ4v) is 1.76. The van der Waals surface area contributed by atoms with Gasteiger partial charge in [-0.25, -0.2) is 13.2 Å². The molecule has 0 fully saturated rings. The Morgan fingerprint density at radius 3 is 2.33 bits per heavy atom. The second-order valence-corrected chi connectivity index (χ2v) is 4.51. The Bertz CT molecular complexity index is 602. The summed E-state index contributed by atoms with van der Waals surface area (Å²) >= 11 is 3.11. The number of halogens is 4.